The zero-order chi connectivity index (χ0) is 15.7. The second kappa shape index (κ2) is 5.73. The van der Waals surface area contributed by atoms with Crippen LogP contribution in [-0.2, 0) is 6.42 Å². The van der Waals surface area contributed by atoms with E-state index >= 15 is 0 Å². The van der Waals surface area contributed by atoms with Crippen LogP contribution in [-0.4, -0.2) is 4.98 Å². The highest BCUT2D eigenvalue weighted by Gasteiger charge is 2.08. The molecule has 3 rings (SSSR count). The fourth-order valence-corrected chi connectivity index (χ4v) is 2.57. The van der Waals surface area contributed by atoms with E-state index < -0.39 is 0 Å². The zero-order valence-corrected chi connectivity index (χ0v) is 12.7. The number of hydrogen-bond donors (Lipinski definition) is 2. The zero-order valence-electron chi connectivity index (χ0n) is 12.7. The molecular formula is C18H18FN3. The number of nitrogen functional groups attached to an aromatic ring is 1. The third-order valence-corrected chi connectivity index (χ3v) is 3.95. The number of nitrogens with one attached hydrogen (secondary N) is 1. The molecule has 0 saturated heterocycles. The molecule has 4 heteroatoms. The predicted octanol–water partition coefficient (Wildman–Crippen LogP) is 3.87. The molecule has 3 N–H and O–H groups in total. The molecule has 0 spiro atoms. The minimum Gasteiger partial charge on any atom is -0.308 e. The van der Waals surface area contributed by atoms with Crippen LogP contribution >= 0.6 is 0 Å². The van der Waals surface area contributed by atoms with E-state index in [1.165, 1.54) is 23.3 Å². The molecule has 2 aromatic carbocycles. The van der Waals surface area contributed by atoms with Crippen molar-refractivity contribution in [3.63, 3.8) is 0 Å². The van der Waals surface area contributed by atoms with Crippen LogP contribution in [0.25, 0.3) is 10.9 Å². The lowest BCUT2D eigenvalue weighted by atomic mass is 10.0. The standard InChI is InChI=1S/C18H18FN3/c1-11-7-14-10-15(9-13-3-5-16(19)6-4-13)18(22-20)21-17(14)8-12(11)2/h3-8,10H,9,20H2,1-2H3,(H,21,22). The van der Waals surface area contributed by atoms with Gasteiger partial charge in [-0.3, -0.25) is 0 Å². The molecule has 0 aliphatic rings. The highest BCUT2D eigenvalue weighted by molar-refractivity contribution is 5.83. The number of nitrogens with two attached hydrogens (primary N) is 1. The Hall–Kier alpha value is -2.46. The van der Waals surface area contributed by atoms with E-state index in [1.54, 1.807) is 12.1 Å². The summed E-state index contributed by atoms with van der Waals surface area (Å²) in [5.41, 5.74) is 8.03. The van der Waals surface area contributed by atoms with E-state index in [0.29, 0.717) is 12.2 Å². The first kappa shape index (κ1) is 14.5. The fourth-order valence-electron chi connectivity index (χ4n) is 2.57. The number of nitrogens with zero attached hydrogens (tertiary/aromatic N) is 1. The lowest BCUT2D eigenvalue weighted by Crippen LogP contribution is -2.11. The van der Waals surface area contributed by atoms with Gasteiger partial charge in [-0.2, -0.15) is 0 Å². The third-order valence-electron chi connectivity index (χ3n) is 3.95. The van der Waals surface area contributed by atoms with Crippen LogP contribution in [0.5, 0.6) is 0 Å². The van der Waals surface area contributed by atoms with Gasteiger partial charge in [0.25, 0.3) is 0 Å². The van der Waals surface area contributed by atoms with Crippen molar-refractivity contribution < 1.29 is 4.39 Å². The number of benzene rings is 2. The summed E-state index contributed by atoms with van der Waals surface area (Å²) >= 11 is 0. The Morgan fingerprint density at radius 1 is 1.05 bits per heavy atom. The third kappa shape index (κ3) is 2.78. The minimum atomic E-state index is -0.233. The first-order chi connectivity index (χ1) is 10.6. The molecule has 3 aromatic rings. The molecule has 0 atom stereocenters. The Labute approximate surface area is 129 Å². The summed E-state index contributed by atoms with van der Waals surface area (Å²) in [7, 11) is 0. The number of pyridine rings is 1. The molecule has 0 fully saturated rings. The summed E-state index contributed by atoms with van der Waals surface area (Å²) in [6, 6.07) is 12.8. The average Bonchev–Trinajstić information content (AvgIpc) is 2.50. The first-order valence-electron chi connectivity index (χ1n) is 7.19. The SMILES string of the molecule is Cc1cc2cc(Cc3ccc(F)cc3)c(NN)nc2cc1C. The molecule has 0 aliphatic heterocycles. The summed E-state index contributed by atoms with van der Waals surface area (Å²) < 4.78 is 13.0. The molecule has 0 amide bonds. The number of aromatic nitrogens is 1. The number of hydrogen-bond acceptors (Lipinski definition) is 3. The molecular weight excluding hydrogens is 277 g/mol. The number of rotatable bonds is 3. The van der Waals surface area contributed by atoms with Crippen LogP contribution in [0.1, 0.15) is 22.3 Å². The Bertz CT molecular complexity index is 826. The van der Waals surface area contributed by atoms with E-state index in [0.717, 1.165) is 22.0 Å². The van der Waals surface area contributed by atoms with Gasteiger partial charge in [-0.15, -0.1) is 0 Å². The number of anilines is 1. The Morgan fingerprint density at radius 3 is 2.41 bits per heavy atom. The molecule has 1 aromatic heterocycles. The lowest BCUT2D eigenvalue weighted by molar-refractivity contribution is 0.627. The molecule has 22 heavy (non-hydrogen) atoms. The van der Waals surface area contributed by atoms with Gasteiger partial charge in [0.2, 0.25) is 0 Å². The Kier molecular flexibility index (Phi) is 3.77. The van der Waals surface area contributed by atoms with E-state index in [9.17, 15) is 4.39 Å². The lowest BCUT2D eigenvalue weighted by Gasteiger charge is -2.11. The predicted molar refractivity (Wildman–Crippen MR) is 88.2 cm³/mol. The maximum Gasteiger partial charge on any atom is 0.144 e. The van der Waals surface area contributed by atoms with Crippen molar-refractivity contribution in [1.29, 1.82) is 0 Å². The molecule has 3 nitrogen and oxygen atoms in total. The van der Waals surface area contributed by atoms with Crippen molar-refractivity contribution in [1.82, 2.24) is 4.98 Å². The number of halogens is 1. The van der Waals surface area contributed by atoms with Gasteiger partial charge < -0.3 is 5.43 Å². The summed E-state index contributed by atoms with van der Waals surface area (Å²) in [5, 5.41) is 1.08. The van der Waals surface area contributed by atoms with Gasteiger partial charge in [0.15, 0.2) is 0 Å². The van der Waals surface area contributed by atoms with Crippen LogP contribution in [0.2, 0.25) is 0 Å². The molecule has 112 valence electrons. The minimum absolute atomic E-state index is 0.233. The van der Waals surface area contributed by atoms with Crippen molar-refractivity contribution >= 4 is 16.7 Å². The quantitative estimate of drug-likeness (QED) is 0.569. The van der Waals surface area contributed by atoms with Crippen molar-refractivity contribution in [3.05, 3.63) is 70.5 Å². The summed E-state index contributed by atoms with van der Waals surface area (Å²) in [6.45, 7) is 4.15. The fraction of sp³-hybridized carbons (Fsp3) is 0.167. The smallest absolute Gasteiger partial charge is 0.144 e. The van der Waals surface area contributed by atoms with E-state index in [1.807, 2.05) is 0 Å². The Balaban J connectivity index is 2.07. The van der Waals surface area contributed by atoms with E-state index in [-0.39, 0.29) is 5.82 Å². The van der Waals surface area contributed by atoms with Crippen LogP contribution in [0.4, 0.5) is 10.2 Å². The van der Waals surface area contributed by atoms with E-state index in [4.69, 9.17) is 5.84 Å². The molecule has 0 unspecified atom stereocenters. The average molecular weight is 295 g/mol. The van der Waals surface area contributed by atoms with Crippen LogP contribution < -0.4 is 11.3 Å². The monoisotopic (exact) mass is 295 g/mol. The topological polar surface area (TPSA) is 50.9 Å². The number of aryl methyl sites for hydroxylation is 2. The van der Waals surface area contributed by atoms with Gasteiger partial charge in [-0.1, -0.05) is 12.1 Å². The van der Waals surface area contributed by atoms with Crippen molar-refractivity contribution in [2.45, 2.75) is 20.3 Å². The van der Waals surface area contributed by atoms with Crippen molar-refractivity contribution in [2.24, 2.45) is 5.84 Å². The molecule has 0 aliphatic carbocycles. The van der Waals surface area contributed by atoms with Gasteiger partial charge in [-0.05, 0) is 60.9 Å². The van der Waals surface area contributed by atoms with Crippen LogP contribution in [0.15, 0.2) is 42.5 Å². The highest BCUT2D eigenvalue weighted by Crippen LogP contribution is 2.25. The molecule has 0 bridgehead atoms. The molecule has 1 heterocycles. The Morgan fingerprint density at radius 2 is 1.73 bits per heavy atom. The number of hydrazine groups is 1. The van der Waals surface area contributed by atoms with Crippen molar-refractivity contribution in [2.75, 3.05) is 5.43 Å². The van der Waals surface area contributed by atoms with Gasteiger partial charge in [-0.25, -0.2) is 15.2 Å². The number of fused-ring (bicyclic) bond motifs is 1. The van der Waals surface area contributed by atoms with Crippen LogP contribution in [0.3, 0.4) is 0 Å². The van der Waals surface area contributed by atoms with Gasteiger partial charge in [0.05, 0.1) is 5.52 Å². The highest BCUT2D eigenvalue weighted by atomic mass is 19.1. The normalized spacial score (nSPS) is 10.9. The maximum atomic E-state index is 13.0. The van der Waals surface area contributed by atoms with Gasteiger partial charge in [0, 0.05) is 17.4 Å². The molecule has 0 radical (unpaired) electrons. The van der Waals surface area contributed by atoms with Crippen LogP contribution in [0, 0.1) is 19.7 Å². The van der Waals surface area contributed by atoms with Crippen molar-refractivity contribution in [3.8, 4) is 0 Å². The summed E-state index contributed by atoms with van der Waals surface area (Å²) in [5.74, 6) is 6.04. The molecule has 0 saturated carbocycles. The van der Waals surface area contributed by atoms with Gasteiger partial charge in [0.1, 0.15) is 11.6 Å². The second-order valence-corrected chi connectivity index (χ2v) is 5.57. The summed E-state index contributed by atoms with van der Waals surface area (Å²) in [4.78, 5) is 4.60. The maximum absolute atomic E-state index is 13.0. The van der Waals surface area contributed by atoms with Gasteiger partial charge >= 0.3 is 0 Å². The first-order valence-corrected chi connectivity index (χ1v) is 7.19. The largest absolute Gasteiger partial charge is 0.308 e. The summed E-state index contributed by atoms with van der Waals surface area (Å²) in [6.07, 6.45) is 0.648. The second-order valence-electron chi connectivity index (χ2n) is 5.57. The van der Waals surface area contributed by atoms with E-state index in [2.05, 4.69) is 42.5 Å².